The van der Waals surface area contributed by atoms with Gasteiger partial charge in [-0.25, -0.2) is 0 Å². The monoisotopic (exact) mass is 197 g/mol. The second kappa shape index (κ2) is 4.58. The summed E-state index contributed by atoms with van der Waals surface area (Å²) in [7, 11) is 0. The lowest BCUT2D eigenvalue weighted by Crippen LogP contribution is -2.03. The van der Waals surface area contributed by atoms with E-state index < -0.39 is 5.56 Å². The lowest BCUT2D eigenvalue weighted by molar-refractivity contribution is 0.466. The zero-order valence-corrected chi connectivity index (χ0v) is 7.56. The Morgan fingerprint density at radius 2 is 2.38 bits per heavy atom. The van der Waals surface area contributed by atoms with Crippen LogP contribution in [0.1, 0.15) is 12.0 Å². The van der Waals surface area contributed by atoms with Crippen molar-refractivity contribution in [3.8, 4) is 17.6 Å². The highest BCUT2D eigenvalue weighted by molar-refractivity contribution is 6.18. The highest BCUT2D eigenvalue weighted by atomic mass is 35.5. The van der Waals surface area contributed by atoms with Gasteiger partial charge in [0.15, 0.2) is 5.75 Å². The van der Waals surface area contributed by atoms with Crippen molar-refractivity contribution in [1.29, 1.82) is 0 Å². The number of halogens is 1. The van der Waals surface area contributed by atoms with Crippen LogP contribution in [0.2, 0.25) is 0 Å². The molecule has 0 aliphatic heterocycles. The van der Waals surface area contributed by atoms with E-state index in [9.17, 15) is 4.79 Å². The van der Waals surface area contributed by atoms with Gasteiger partial charge in [-0.05, 0) is 0 Å². The molecule has 0 fully saturated rings. The molecule has 68 valence electrons. The number of pyridine rings is 1. The highest BCUT2D eigenvalue weighted by Gasteiger charge is 1.95. The third-order valence-corrected chi connectivity index (χ3v) is 1.52. The zero-order chi connectivity index (χ0) is 9.68. The summed E-state index contributed by atoms with van der Waals surface area (Å²) in [5.74, 6) is 5.68. The van der Waals surface area contributed by atoms with E-state index in [0.29, 0.717) is 17.9 Å². The Kier molecular flexibility index (Phi) is 3.41. The summed E-state index contributed by atoms with van der Waals surface area (Å²) in [5.41, 5.74) is 0.0603. The van der Waals surface area contributed by atoms with Gasteiger partial charge in [0.25, 0.3) is 5.56 Å². The fraction of sp³-hybridized carbons (Fsp3) is 0.222. The lowest BCUT2D eigenvalue weighted by Gasteiger charge is -1.90. The Morgan fingerprint density at radius 3 is 3.00 bits per heavy atom. The van der Waals surface area contributed by atoms with Crippen molar-refractivity contribution in [2.45, 2.75) is 6.42 Å². The van der Waals surface area contributed by atoms with Gasteiger partial charge in [-0.2, -0.15) is 0 Å². The quantitative estimate of drug-likeness (QED) is 0.523. The minimum absolute atomic E-state index is 0.322. The number of aromatic hydroxyl groups is 1. The van der Waals surface area contributed by atoms with Gasteiger partial charge < -0.3 is 10.1 Å². The van der Waals surface area contributed by atoms with Crippen LogP contribution < -0.4 is 5.56 Å². The molecule has 4 heteroatoms. The molecule has 0 saturated carbocycles. The van der Waals surface area contributed by atoms with Crippen LogP contribution >= 0.6 is 11.6 Å². The number of hydrogen-bond acceptors (Lipinski definition) is 2. The molecule has 0 unspecified atom stereocenters. The molecule has 0 amide bonds. The van der Waals surface area contributed by atoms with Crippen molar-refractivity contribution in [2.24, 2.45) is 0 Å². The maximum atomic E-state index is 10.7. The average Bonchev–Trinajstić information content (AvgIpc) is 2.12. The first-order chi connectivity index (χ1) is 6.24. The number of rotatable bonds is 1. The summed E-state index contributed by atoms with van der Waals surface area (Å²) in [6, 6.07) is 1.32. The van der Waals surface area contributed by atoms with Crippen LogP contribution in [0.5, 0.6) is 5.75 Å². The molecule has 1 aromatic heterocycles. The molecule has 2 N–H and O–H groups in total. The van der Waals surface area contributed by atoms with Crippen molar-refractivity contribution in [2.75, 3.05) is 5.88 Å². The zero-order valence-electron chi connectivity index (χ0n) is 6.80. The van der Waals surface area contributed by atoms with Crippen LogP contribution in [0.3, 0.4) is 0 Å². The Hall–Kier alpha value is -1.40. The molecule has 0 bridgehead atoms. The minimum atomic E-state index is -0.511. The molecule has 0 saturated heterocycles. The maximum Gasteiger partial charge on any atom is 0.290 e. The van der Waals surface area contributed by atoms with Gasteiger partial charge in [-0.1, -0.05) is 11.8 Å². The first-order valence-electron chi connectivity index (χ1n) is 3.70. The van der Waals surface area contributed by atoms with Crippen LogP contribution in [-0.4, -0.2) is 16.0 Å². The SMILES string of the molecule is O=c1[nH]cc(C#CCCCl)cc1O. The fourth-order valence-electron chi connectivity index (χ4n) is 0.756. The van der Waals surface area contributed by atoms with E-state index in [4.69, 9.17) is 16.7 Å². The molecule has 1 rings (SSSR count). The van der Waals surface area contributed by atoms with Crippen molar-refractivity contribution in [3.63, 3.8) is 0 Å². The summed E-state index contributed by atoms with van der Waals surface area (Å²) in [4.78, 5) is 13.1. The Morgan fingerprint density at radius 1 is 1.62 bits per heavy atom. The molecule has 0 aliphatic rings. The fourth-order valence-corrected chi connectivity index (χ4v) is 0.850. The predicted octanol–water partition coefficient (Wildman–Crippen LogP) is 1.06. The molecular formula is C9H8ClNO2. The highest BCUT2D eigenvalue weighted by Crippen LogP contribution is 2.01. The number of aromatic nitrogens is 1. The van der Waals surface area contributed by atoms with Crippen LogP contribution in [0.25, 0.3) is 0 Å². The van der Waals surface area contributed by atoms with Crippen LogP contribution in [-0.2, 0) is 0 Å². The van der Waals surface area contributed by atoms with E-state index in [1.807, 2.05) is 0 Å². The number of nitrogens with one attached hydrogen (secondary N) is 1. The van der Waals surface area contributed by atoms with E-state index in [-0.39, 0.29) is 5.75 Å². The second-order valence-corrected chi connectivity index (χ2v) is 2.72. The van der Waals surface area contributed by atoms with Crippen molar-refractivity contribution < 1.29 is 5.11 Å². The second-order valence-electron chi connectivity index (χ2n) is 2.34. The van der Waals surface area contributed by atoms with E-state index in [1.165, 1.54) is 12.3 Å². The number of H-pyrrole nitrogens is 1. The van der Waals surface area contributed by atoms with Crippen molar-refractivity contribution >= 4 is 11.6 Å². The summed E-state index contributed by atoms with van der Waals surface area (Å²) >= 11 is 5.41. The van der Waals surface area contributed by atoms with Gasteiger partial charge in [0.1, 0.15) is 0 Å². The third kappa shape index (κ3) is 2.85. The third-order valence-electron chi connectivity index (χ3n) is 1.34. The van der Waals surface area contributed by atoms with Gasteiger partial charge in [-0.15, -0.1) is 11.6 Å². The van der Waals surface area contributed by atoms with Crippen molar-refractivity contribution in [1.82, 2.24) is 4.98 Å². The molecule has 0 aromatic carbocycles. The molecule has 1 aromatic rings. The summed E-state index contributed by atoms with van der Waals surface area (Å²) in [6.07, 6.45) is 2.03. The number of aromatic amines is 1. The molecule has 0 atom stereocenters. The van der Waals surface area contributed by atoms with E-state index in [1.54, 1.807) is 0 Å². The summed E-state index contributed by atoms with van der Waals surface area (Å²) in [6.45, 7) is 0. The molecule has 3 nitrogen and oxygen atoms in total. The Balaban J connectivity index is 2.87. The summed E-state index contributed by atoms with van der Waals surface area (Å²) in [5, 5.41) is 9.02. The van der Waals surface area contributed by atoms with Gasteiger partial charge in [0.05, 0.1) is 0 Å². The first-order valence-corrected chi connectivity index (χ1v) is 4.24. The number of alkyl halides is 1. The van der Waals surface area contributed by atoms with Gasteiger partial charge in [0.2, 0.25) is 0 Å². The van der Waals surface area contributed by atoms with E-state index in [2.05, 4.69) is 16.8 Å². The standard InChI is InChI=1S/C9H8ClNO2/c10-4-2-1-3-7-5-8(12)9(13)11-6-7/h5-6,12H,2,4H2,(H,11,13). The van der Waals surface area contributed by atoms with Crippen LogP contribution in [0.4, 0.5) is 0 Å². The van der Waals surface area contributed by atoms with E-state index in [0.717, 1.165) is 0 Å². The lowest BCUT2D eigenvalue weighted by atomic mass is 10.3. The Bertz CT molecular complexity index is 400. The van der Waals surface area contributed by atoms with Crippen molar-refractivity contribution in [3.05, 3.63) is 28.2 Å². The average molecular weight is 198 g/mol. The van der Waals surface area contributed by atoms with Gasteiger partial charge >= 0.3 is 0 Å². The normalized spacial score (nSPS) is 9.00. The maximum absolute atomic E-state index is 10.7. The largest absolute Gasteiger partial charge is 0.503 e. The summed E-state index contributed by atoms with van der Waals surface area (Å²) < 4.78 is 0. The predicted molar refractivity (Wildman–Crippen MR) is 50.9 cm³/mol. The smallest absolute Gasteiger partial charge is 0.290 e. The van der Waals surface area contributed by atoms with E-state index >= 15 is 0 Å². The molecule has 0 aliphatic carbocycles. The minimum Gasteiger partial charge on any atom is -0.503 e. The molecule has 0 spiro atoms. The molecule has 0 radical (unpaired) electrons. The van der Waals surface area contributed by atoms with Gasteiger partial charge in [0, 0.05) is 30.1 Å². The van der Waals surface area contributed by atoms with Crippen LogP contribution in [0.15, 0.2) is 17.1 Å². The molecular weight excluding hydrogens is 190 g/mol. The van der Waals surface area contributed by atoms with Crippen LogP contribution in [0, 0.1) is 11.8 Å². The topological polar surface area (TPSA) is 53.1 Å². The molecule has 13 heavy (non-hydrogen) atoms. The molecule has 1 heterocycles. The van der Waals surface area contributed by atoms with Gasteiger partial charge in [-0.3, -0.25) is 4.79 Å². The first kappa shape index (κ1) is 9.69. The Labute approximate surface area is 80.4 Å². The number of hydrogen-bond donors (Lipinski definition) is 2.